The van der Waals surface area contributed by atoms with Crippen molar-refractivity contribution in [3.63, 3.8) is 0 Å². The molecule has 1 N–H and O–H groups in total. The smallest absolute Gasteiger partial charge is 0.273 e. The van der Waals surface area contributed by atoms with Gasteiger partial charge in [-0.1, -0.05) is 0 Å². The minimum atomic E-state index is -0.153. The fourth-order valence-electron chi connectivity index (χ4n) is 2.08. The topological polar surface area (TPSA) is 58.4 Å². The number of nitrogens with one attached hydrogen (secondary N) is 1. The summed E-state index contributed by atoms with van der Waals surface area (Å²) in [7, 11) is 0. The zero-order valence-electron chi connectivity index (χ0n) is 10.0. The fraction of sp³-hybridized carbons (Fsp3) is 0.667. The highest BCUT2D eigenvalue weighted by Gasteiger charge is 2.10. The molecular formula is C12H19N3O2. The van der Waals surface area contributed by atoms with Gasteiger partial charge in [0.2, 0.25) is 0 Å². The van der Waals surface area contributed by atoms with Crippen LogP contribution in [-0.4, -0.2) is 42.0 Å². The van der Waals surface area contributed by atoms with Crippen molar-refractivity contribution in [1.29, 1.82) is 0 Å². The van der Waals surface area contributed by atoms with Gasteiger partial charge in [0.25, 0.3) is 5.91 Å². The second kappa shape index (κ2) is 6.39. The van der Waals surface area contributed by atoms with Crippen LogP contribution < -0.4 is 5.32 Å². The molecule has 0 aliphatic carbocycles. The number of hydrogen-bond acceptors (Lipinski definition) is 4. The summed E-state index contributed by atoms with van der Waals surface area (Å²) >= 11 is 0. The van der Waals surface area contributed by atoms with Gasteiger partial charge in [0.05, 0.1) is 0 Å². The minimum Gasteiger partial charge on any atom is -0.451 e. The van der Waals surface area contributed by atoms with Crippen molar-refractivity contribution in [2.45, 2.75) is 25.7 Å². The van der Waals surface area contributed by atoms with E-state index in [1.165, 1.54) is 38.6 Å². The maximum atomic E-state index is 11.5. The van der Waals surface area contributed by atoms with Crippen LogP contribution in [0, 0.1) is 0 Å². The predicted octanol–water partition coefficient (Wildman–Crippen LogP) is 1.28. The highest BCUT2D eigenvalue weighted by Crippen LogP contribution is 2.07. The van der Waals surface area contributed by atoms with Crippen LogP contribution in [0.3, 0.4) is 0 Å². The van der Waals surface area contributed by atoms with Gasteiger partial charge in [0.15, 0.2) is 12.1 Å². The molecule has 0 spiro atoms. The Bertz CT molecular complexity index is 332. The number of hydrogen-bond donors (Lipinski definition) is 1. The molecule has 17 heavy (non-hydrogen) atoms. The van der Waals surface area contributed by atoms with E-state index in [-0.39, 0.29) is 5.91 Å². The van der Waals surface area contributed by atoms with Crippen LogP contribution in [0.15, 0.2) is 17.1 Å². The molecule has 1 saturated heterocycles. The lowest BCUT2D eigenvalue weighted by atomic mass is 10.3. The van der Waals surface area contributed by atoms with Crippen LogP contribution in [-0.2, 0) is 0 Å². The Morgan fingerprint density at radius 2 is 2.24 bits per heavy atom. The van der Waals surface area contributed by atoms with Gasteiger partial charge in [0.1, 0.15) is 6.26 Å². The molecule has 2 rings (SSSR count). The van der Waals surface area contributed by atoms with Gasteiger partial charge in [-0.15, -0.1) is 0 Å². The number of aromatic nitrogens is 1. The van der Waals surface area contributed by atoms with Crippen molar-refractivity contribution >= 4 is 5.91 Å². The molecule has 0 atom stereocenters. The van der Waals surface area contributed by atoms with Crippen molar-refractivity contribution in [2.75, 3.05) is 26.2 Å². The van der Waals surface area contributed by atoms with Crippen molar-refractivity contribution in [3.05, 3.63) is 18.4 Å². The summed E-state index contributed by atoms with van der Waals surface area (Å²) < 4.78 is 4.75. The number of amides is 1. The Morgan fingerprint density at radius 1 is 1.41 bits per heavy atom. The van der Waals surface area contributed by atoms with Crippen LogP contribution in [0.5, 0.6) is 0 Å². The molecule has 1 aliphatic heterocycles. The number of unbranched alkanes of at least 4 members (excludes halogenated alkanes) is 1. The first kappa shape index (κ1) is 12.1. The van der Waals surface area contributed by atoms with E-state index >= 15 is 0 Å². The molecule has 0 saturated carbocycles. The fourth-order valence-corrected chi connectivity index (χ4v) is 2.08. The molecule has 1 aliphatic rings. The Morgan fingerprint density at radius 3 is 2.94 bits per heavy atom. The van der Waals surface area contributed by atoms with E-state index in [9.17, 15) is 4.79 Å². The molecule has 1 amide bonds. The number of likely N-dealkylation sites (tertiary alicyclic amines) is 1. The number of carbonyl (C=O) groups excluding carboxylic acids is 1. The quantitative estimate of drug-likeness (QED) is 0.757. The van der Waals surface area contributed by atoms with Gasteiger partial charge in [-0.05, 0) is 45.3 Å². The summed E-state index contributed by atoms with van der Waals surface area (Å²) in [5.41, 5.74) is 0.351. The van der Waals surface area contributed by atoms with Gasteiger partial charge in [-0.2, -0.15) is 0 Å². The summed E-state index contributed by atoms with van der Waals surface area (Å²) in [6.45, 7) is 4.34. The molecular weight excluding hydrogens is 218 g/mol. The highest BCUT2D eigenvalue weighted by molar-refractivity contribution is 5.91. The Balaban J connectivity index is 1.52. The second-order valence-electron chi connectivity index (χ2n) is 4.39. The standard InChI is InChI=1S/C12H19N3O2/c16-12(11-9-17-10-14-11)13-5-1-2-6-15-7-3-4-8-15/h9-10H,1-8H2,(H,13,16). The SMILES string of the molecule is O=C(NCCCCN1CCCC1)c1cocn1. The van der Waals surface area contributed by atoms with Crippen LogP contribution in [0.25, 0.3) is 0 Å². The first-order chi connectivity index (χ1) is 8.36. The number of nitrogens with zero attached hydrogens (tertiary/aromatic N) is 2. The number of oxazole rings is 1. The maximum absolute atomic E-state index is 11.5. The molecule has 1 fully saturated rings. The molecule has 0 aromatic carbocycles. The molecule has 1 aromatic rings. The van der Waals surface area contributed by atoms with E-state index in [1.54, 1.807) is 0 Å². The van der Waals surface area contributed by atoms with Gasteiger partial charge >= 0.3 is 0 Å². The lowest BCUT2D eigenvalue weighted by Gasteiger charge is -2.13. The summed E-state index contributed by atoms with van der Waals surface area (Å²) in [5, 5.41) is 2.83. The lowest BCUT2D eigenvalue weighted by molar-refractivity contribution is 0.0947. The first-order valence-electron chi connectivity index (χ1n) is 6.25. The zero-order chi connectivity index (χ0) is 11.9. The molecule has 0 radical (unpaired) electrons. The van der Waals surface area contributed by atoms with Crippen LogP contribution >= 0.6 is 0 Å². The monoisotopic (exact) mass is 237 g/mol. The third kappa shape index (κ3) is 3.85. The van der Waals surface area contributed by atoms with E-state index in [1.807, 2.05) is 0 Å². The van der Waals surface area contributed by atoms with Gasteiger partial charge < -0.3 is 14.6 Å². The van der Waals surface area contributed by atoms with E-state index in [4.69, 9.17) is 4.42 Å². The molecule has 0 bridgehead atoms. The van der Waals surface area contributed by atoms with E-state index < -0.39 is 0 Å². The highest BCUT2D eigenvalue weighted by atomic mass is 16.3. The first-order valence-corrected chi connectivity index (χ1v) is 6.25. The molecule has 94 valence electrons. The molecule has 5 nitrogen and oxygen atoms in total. The van der Waals surface area contributed by atoms with Crippen LogP contribution in [0.2, 0.25) is 0 Å². The average molecular weight is 237 g/mol. The van der Waals surface area contributed by atoms with E-state index in [2.05, 4.69) is 15.2 Å². The predicted molar refractivity (Wildman–Crippen MR) is 63.7 cm³/mol. The van der Waals surface area contributed by atoms with Gasteiger partial charge in [-0.25, -0.2) is 4.98 Å². The van der Waals surface area contributed by atoms with Crippen LogP contribution in [0.4, 0.5) is 0 Å². The number of carbonyl (C=O) groups is 1. The minimum absolute atomic E-state index is 0.153. The largest absolute Gasteiger partial charge is 0.451 e. The van der Waals surface area contributed by atoms with Crippen molar-refractivity contribution in [1.82, 2.24) is 15.2 Å². The maximum Gasteiger partial charge on any atom is 0.273 e. The normalized spacial score (nSPS) is 16.2. The summed E-state index contributed by atoms with van der Waals surface area (Å²) in [5.74, 6) is -0.153. The molecule has 0 unspecified atom stereocenters. The van der Waals surface area contributed by atoms with Gasteiger partial charge in [-0.3, -0.25) is 4.79 Å². The Kier molecular flexibility index (Phi) is 4.55. The zero-order valence-corrected chi connectivity index (χ0v) is 10.0. The number of rotatable bonds is 6. The second-order valence-corrected chi connectivity index (χ2v) is 4.39. The van der Waals surface area contributed by atoms with Crippen molar-refractivity contribution in [3.8, 4) is 0 Å². The average Bonchev–Trinajstić information content (AvgIpc) is 3.01. The molecule has 1 aromatic heterocycles. The molecule has 5 heteroatoms. The Hall–Kier alpha value is -1.36. The summed E-state index contributed by atoms with van der Waals surface area (Å²) in [6, 6.07) is 0. The van der Waals surface area contributed by atoms with Crippen molar-refractivity contribution < 1.29 is 9.21 Å². The third-order valence-electron chi connectivity index (χ3n) is 3.05. The third-order valence-corrected chi connectivity index (χ3v) is 3.05. The van der Waals surface area contributed by atoms with Crippen molar-refractivity contribution in [2.24, 2.45) is 0 Å². The Labute approximate surface area is 101 Å². The summed E-state index contributed by atoms with van der Waals surface area (Å²) in [6.07, 6.45) is 7.45. The lowest BCUT2D eigenvalue weighted by Crippen LogP contribution is -2.26. The van der Waals surface area contributed by atoms with E-state index in [0.717, 1.165) is 19.4 Å². The van der Waals surface area contributed by atoms with Crippen LogP contribution in [0.1, 0.15) is 36.2 Å². The molecule has 2 heterocycles. The van der Waals surface area contributed by atoms with Gasteiger partial charge in [0, 0.05) is 6.54 Å². The summed E-state index contributed by atoms with van der Waals surface area (Å²) in [4.78, 5) is 17.8. The van der Waals surface area contributed by atoms with E-state index in [0.29, 0.717) is 12.2 Å².